The van der Waals surface area contributed by atoms with Gasteiger partial charge in [-0.3, -0.25) is 4.79 Å². The molecule has 5 N–H and O–H groups in total. The molecule has 3 rings (SSSR count). The second-order valence-corrected chi connectivity index (χ2v) is 7.42. The molecule has 0 radical (unpaired) electrons. The van der Waals surface area contributed by atoms with E-state index in [0.717, 1.165) is 22.4 Å². The monoisotopic (exact) mass is 433 g/mol. The highest BCUT2D eigenvalue weighted by Crippen LogP contribution is 2.19. The fourth-order valence-electron chi connectivity index (χ4n) is 3.17. The molecule has 0 aliphatic carbocycles. The number of benzene rings is 3. The van der Waals surface area contributed by atoms with Crippen LogP contribution < -0.4 is 16.4 Å². The third-order valence-corrected chi connectivity index (χ3v) is 5.03. The Bertz CT molecular complexity index is 1050. The van der Waals surface area contributed by atoms with Crippen molar-refractivity contribution in [3.8, 4) is 0 Å². The SMILES string of the molecule is Cc1ccccc1NC(=O)c1ccc(C(CCO)NC(=O)OCc2ccc(N)cc2)cc1. The standard InChI is InChI=1S/C25H27N3O4/c1-17-4-2-3-5-22(17)27-24(30)20-10-8-19(9-11-20)23(14-15-29)28-25(31)32-16-18-6-12-21(26)13-7-18/h2-13,23,29H,14-16,26H2,1H3,(H,27,30)(H,28,31). The molecule has 0 spiro atoms. The number of carbonyl (C=O) groups excluding carboxylic acids is 2. The number of carbonyl (C=O) groups is 2. The molecular formula is C25H27N3O4. The molecule has 0 aromatic heterocycles. The van der Waals surface area contributed by atoms with E-state index in [9.17, 15) is 14.7 Å². The van der Waals surface area contributed by atoms with Crippen LogP contribution in [0.3, 0.4) is 0 Å². The molecule has 7 heteroatoms. The molecule has 166 valence electrons. The number of ether oxygens (including phenoxy) is 1. The lowest BCUT2D eigenvalue weighted by Gasteiger charge is -2.18. The summed E-state index contributed by atoms with van der Waals surface area (Å²) in [4.78, 5) is 24.8. The first kappa shape index (κ1) is 22.8. The van der Waals surface area contributed by atoms with Gasteiger partial charge in [-0.2, -0.15) is 0 Å². The Kier molecular flexibility index (Phi) is 7.83. The second kappa shape index (κ2) is 11.0. The molecule has 3 aromatic rings. The second-order valence-electron chi connectivity index (χ2n) is 7.42. The minimum absolute atomic E-state index is 0.107. The zero-order chi connectivity index (χ0) is 22.9. The van der Waals surface area contributed by atoms with Crippen LogP contribution in [-0.4, -0.2) is 23.7 Å². The van der Waals surface area contributed by atoms with Gasteiger partial charge in [-0.1, -0.05) is 42.5 Å². The van der Waals surface area contributed by atoms with E-state index in [1.807, 2.05) is 31.2 Å². The number of alkyl carbamates (subject to hydrolysis) is 1. The summed E-state index contributed by atoms with van der Waals surface area (Å²) in [5.41, 5.74) is 10.1. The highest BCUT2D eigenvalue weighted by Gasteiger charge is 2.16. The minimum Gasteiger partial charge on any atom is -0.445 e. The lowest BCUT2D eigenvalue weighted by Crippen LogP contribution is -2.29. The Morgan fingerprint density at radius 2 is 1.69 bits per heavy atom. The Morgan fingerprint density at radius 3 is 2.34 bits per heavy atom. The number of hydrogen-bond acceptors (Lipinski definition) is 5. The molecule has 1 atom stereocenters. The predicted molar refractivity (Wildman–Crippen MR) is 124 cm³/mol. The molecule has 0 aliphatic rings. The van der Waals surface area contributed by atoms with Crippen LogP contribution in [0.25, 0.3) is 0 Å². The van der Waals surface area contributed by atoms with Gasteiger partial charge < -0.3 is 26.2 Å². The summed E-state index contributed by atoms with van der Waals surface area (Å²) < 4.78 is 5.27. The lowest BCUT2D eigenvalue weighted by molar-refractivity contribution is 0.102. The third kappa shape index (κ3) is 6.33. The van der Waals surface area contributed by atoms with Gasteiger partial charge in [-0.25, -0.2) is 4.79 Å². The van der Waals surface area contributed by atoms with E-state index in [1.165, 1.54) is 0 Å². The normalized spacial score (nSPS) is 11.4. The molecule has 0 bridgehead atoms. The number of aliphatic hydroxyl groups excluding tert-OH is 1. The number of hydrogen-bond donors (Lipinski definition) is 4. The van der Waals surface area contributed by atoms with Gasteiger partial charge >= 0.3 is 6.09 Å². The van der Waals surface area contributed by atoms with E-state index in [2.05, 4.69) is 10.6 Å². The maximum Gasteiger partial charge on any atom is 0.407 e. The van der Waals surface area contributed by atoms with E-state index < -0.39 is 12.1 Å². The fourth-order valence-corrected chi connectivity index (χ4v) is 3.17. The van der Waals surface area contributed by atoms with E-state index in [4.69, 9.17) is 10.5 Å². The topological polar surface area (TPSA) is 114 Å². The number of para-hydroxylation sites is 1. The summed E-state index contributed by atoms with van der Waals surface area (Å²) >= 11 is 0. The quantitative estimate of drug-likeness (QED) is 0.398. The van der Waals surface area contributed by atoms with E-state index >= 15 is 0 Å². The number of aryl methyl sites for hydroxylation is 1. The van der Waals surface area contributed by atoms with Gasteiger partial charge in [0.1, 0.15) is 6.61 Å². The van der Waals surface area contributed by atoms with Crippen LogP contribution in [0.1, 0.15) is 39.5 Å². The van der Waals surface area contributed by atoms with Crippen molar-refractivity contribution >= 4 is 23.4 Å². The van der Waals surface area contributed by atoms with Crippen molar-refractivity contribution in [3.05, 3.63) is 95.1 Å². The number of anilines is 2. The zero-order valence-electron chi connectivity index (χ0n) is 17.9. The maximum absolute atomic E-state index is 12.5. The Morgan fingerprint density at radius 1 is 1.00 bits per heavy atom. The molecule has 7 nitrogen and oxygen atoms in total. The molecule has 3 aromatic carbocycles. The van der Waals surface area contributed by atoms with E-state index in [1.54, 1.807) is 48.5 Å². The van der Waals surface area contributed by atoms with Gasteiger partial charge in [0.25, 0.3) is 5.91 Å². The summed E-state index contributed by atoms with van der Waals surface area (Å²) in [6.45, 7) is 1.92. The maximum atomic E-state index is 12.5. The van der Waals surface area contributed by atoms with Crippen LogP contribution in [0.2, 0.25) is 0 Å². The summed E-state index contributed by atoms with van der Waals surface area (Å²) in [7, 11) is 0. The Hall–Kier alpha value is -3.84. The summed E-state index contributed by atoms with van der Waals surface area (Å²) in [5.74, 6) is -0.222. The number of nitrogens with two attached hydrogens (primary N) is 1. The third-order valence-electron chi connectivity index (χ3n) is 5.03. The zero-order valence-corrected chi connectivity index (χ0v) is 17.9. The first-order valence-electron chi connectivity index (χ1n) is 10.3. The van der Waals surface area contributed by atoms with Crippen molar-refractivity contribution in [2.24, 2.45) is 0 Å². The van der Waals surface area contributed by atoms with Gasteiger partial charge in [0.2, 0.25) is 0 Å². The molecule has 0 saturated carbocycles. The molecule has 2 amide bonds. The number of amides is 2. The molecule has 0 fully saturated rings. The van der Waals surface area contributed by atoms with Crippen molar-refractivity contribution in [2.75, 3.05) is 17.7 Å². The van der Waals surface area contributed by atoms with Crippen LogP contribution >= 0.6 is 0 Å². The summed E-state index contributed by atoms with van der Waals surface area (Å²) in [6, 6.07) is 21.0. The van der Waals surface area contributed by atoms with Crippen LogP contribution in [0.4, 0.5) is 16.2 Å². The lowest BCUT2D eigenvalue weighted by atomic mass is 10.0. The first-order valence-corrected chi connectivity index (χ1v) is 10.3. The molecule has 0 saturated heterocycles. The Balaban J connectivity index is 1.60. The summed E-state index contributed by atoms with van der Waals surface area (Å²) in [5, 5.41) is 15.1. The number of nitrogen functional groups attached to an aromatic ring is 1. The van der Waals surface area contributed by atoms with Gasteiger partial charge in [0, 0.05) is 23.5 Å². The van der Waals surface area contributed by atoms with Crippen molar-refractivity contribution in [1.29, 1.82) is 0 Å². The van der Waals surface area contributed by atoms with Crippen LogP contribution in [0, 0.1) is 6.92 Å². The largest absolute Gasteiger partial charge is 0.445 e. The molecular weight excluding hydrogens is 406 g/mol. The van der Waals surface area contributed by atoms with Crippen molar-refractivity contribution in [1.82, 2.24) is 5.32 Å². The average molecular weight is 434 g/mol. The molecule has 0 aliphatic heterocycles. The van der Waals surface area contributed by atoms with Gasteiger partial charge in [0.05, 0.1) is 6.04 Å². The van der Waals surface area contributed by atoms with Crippen LogP contribution in [0.5, 0.6) is 0 Å². The smallest absolute Gasteiger partial charge is 0.407 e. The highest BCUT2D eigenvalue weighted by atomic mass is 16.5. The van der Waals surface area contributed by atoms with E-state index in [-0.39, 0.29) is 19.1 Å². The van der Waals surface area contributed by atoms with Gasteiger partial charge in [-0.05, 0) is 60.4 Å². The van der Waals surface area contributed by atoms with Crippen LogP contribution in [0.15, 0.2) is 72.8 Å². The fraction of sp³-hybridized carbons (Fsp3) is 0.200. The predicted octanol–water partition coefficient (Wildman–Crippen LogP) is 4.18. The number of rotatable bonds is 8. The first-order chi connectivity index (χ1) is 15.5. The van der Waals surface area contributed by atoms with Crippen LogP contribution in [-0.2, 0) is 11.3 Å². The van der Waals surface area contributed by atoms with Gasteiger partial charge in [0.15, 0.2) is 0 Å². The minimum atomic E-state index is -0.596. The van der Waals surface area contributed by atoms with Crippen molar-refractivity contribution in [3.63, 3.8) is 0 Å². The van der Waals surface area contributed by atoms with Gasteiger partial charge in [-0.15, -0.1) is 0 Å². The Labute approximate surface area is 187 Å². The van der Waals surface area contributed by atoms with Crippen molar-refractivity contribution in [2.45, 2.75) is 26.0 Å². The highest BCUT2D eigenvalue weighted by molar-refractivity contribution is 6.04. The average Bonchev–Trinajstić information content (AvgIpc) is 2.80. The number of nitrogens with one attached hydrogen (secondary N) is 2. The molecule has 1 unspecified atom stereocenters. The molecule has 32 heavy (non-hydrogen) atoms. The summed E-state index contributed by atoms with van der Waals surface area (Å²) in [6.07, 6.45) is -0.284. The number of aliphatic hydroxyl groups is 1. The van der Waals surface area contributed by atoms with Crippen molar-refractivity contribution < 1.29 is 19.4 Å². The molecule has 0 heterocycles. The van der Waals surface area contributed by atoms with E-state index in [0.29, 0.717) is 17.7 Å².